The van der Waals surface area contributed by atoms with E-state index in [0.717, 1.165) is 9.13 Å². The lowest BCUT2D eigenvalue weighted by Gasteiger charge is -2.10. The molecule has 0 bridgehead atoms. The van der Waals surface area contributed by atoms with Crippen molar-refractivity contribution >= 4 is 17.7 Å². The Hall–Kier alpha value is -3.60. The number of allylic oxidation sites excluding steroid dienone is 1. The molecule has 0 atom stereocenters. The highest BCUT2D eigenvalue weighted by Gasteiger charge is 2.23. The van der Waals surface area contributed by atoms with Gasteiger partial charge in [-0.25, -0.2) is 4.79 Å². The summed E-state index contributed by atoms with van der Waals surface area (Å²) >= 11 is 0. The van der Waals surface area contributed by atoms with Crippen molar-refractivity contribution in [1.82, 2.24) is 9.13 Å². The lowest BCUT2D eigenvalue weighted by atomic mass is 10.0. The molecule has 0 unspecified atom stereocenters. The van der Waals surface area contributed by atoms with Crippen molar-refractivity contribution in [3.63, 3.8) is 0 Å². The van der Waals surface area contributed by atoms with E-state index in [1.165, 1.54) is 27.3 Å². The summed E-state index contributed by atoms with van der Waals surface area (Å²) in [6.45, 7) is 0. The lowest BCUT2D eigenvalue weighted by Crippen LogP contribution is -2.41. The van der Waals surface area contributed by atoms with Gasteiger partial charge in [-0.2, -0.15) is 5.26 Å². The van der Waals surface area contributed by atoms with Crippen LogP contribution < -0.4 is 21.7 Å². The number of carbonyl (C=O) groups is 1. The molecule has 0 saturated heterocycles. The Morgan fingerprint density at radius 3 is 2.32 bits per heavy atom. The van der Waals surface area contributed by atoms with Gasteiger partial charge in [-0.3, -0.25) is 18.7 Å². The van der Waals surface area contributed by atoms with Gasteiger partial charge >= 0.3 is 5.69 Å². The number of rotatable bonds is 4. The molecule has 2 N–H and O–H groups in total. The summed E-state index contributed by atoms with van der Waals surface area (Å²) in [5.74, 6) is -0.501. The van der Waals surface area contributed by atoms with Crippen molar-refractivity contribution in [1.29, 1.82) is 5.26 Å². The number of carbonyl (C=O) groups excluding carboxylic acids is 1. The number of hydrogen-bond donors (Lipinski definition) is 1. The maximum atomic E-state index is 12.6. The van der Waals surface area contributed by atoms with Crippen LogP contribution in [-0.2, 0) is 14.1 Å². The number of nitriles is 1. The monoisotopic (exact) mass is 340 g/mol. The van der Waals surface area contributed by atoms with E-state index in [1.807, 2.05) is 0 Å². The molecule has 0 amide bonds. The molecule has 0 saturated carbocycles. The highest BCUT2D eigenvalue weighted by Crippen LogP contribution is 2.16. The molecule has 0 fully saturated rings. The van der Waals surface area contributed by atoms with Crippen molar-refractivity contribution in [2.24, 2.45) is 14.1 Å². The third-order valence-electron chi connectivity index (χ3n) is 3.73. The standard InChI is InChI=1S/C17H16N4O4/c1-20-15(19)13(16(23)21(2)17(20)24)14(22)11(9-18)8-10-4-6-12(25-3)7-5-10/h4-8H,19H2,1-3H3/b11-8+. The summed E-state index contributed by atoms with van der Waals surface area (Å²) in [5.41, 5.74) is 4.14. The van der Waals surface area contributed by atoms with Crippen LogP contribution in [0.1, 0.15) is 15.9 Å². The van der Waals surface area contributed by atoms with Crippen molar-refractivity contribution < 1.29 is 9.53 Å². The van der Waals surface area contributed by atoms with Crippen molar-refractivity contribution in [2.75, 3.05) is 12.8 Å². The first-order valence-electron chi connectivity index (χ1n) is 7.17. The van der Waals surface area contributed by atoms with Gasteiger partial charge < -0.3 is 10.5 Å². The summed E-state index contributed by atoms with van der Waals surface area (Å²) in [7, 11) is 4.10. The van der Waals surface area contributed by atoms with Gasteiger partial charge in [0.15, 0.2) is 0 Å². The van der Waals surface area contributed by atoms with Crippen molar-refractivity contribution in [3.8, 4) is 11.8 Å². The predicted molar refractivity (Wildman–Crippen MR) is 92.3 cm³/mol. The number of methoxy groups -OCH3 is 1. The molecule has 8 nitrogen and oxygen atoms in total. The van der Waals surface area contributed by atoms with Gasteiger partial charge in [0.25, 0.3) is 5.56 Å². The second kappa shape index (κ2) is 6.88. The molecule has 0 aliphatic heterocycles. The summed E-state index contributed by atoms with van der Waals surface area (Å²) in [5, 5.41) is 9.31. The number of Topliss-reactive ketones (excluding diaryl/α,β-unsaturated/α-hetero) is 1. The zero-order valence-electron chi connectivity index (χ0n) is 13.9. The second-order valence-electron chi connectivity index (χ2n) is 5.24. The topological polar surface area (TPSA) is 120 Å². The molecule has 128 valence electrons. The molecular formula is C17H16N4O4. The van der Waals surface area contributed by atoms with Gasteiger partial charge in [0.1, 0.15) is 28.8 Å². The number of benzene rings is 1. The van der Waals surface area contributed by atoms with Crippen LogP contribution in [0.5, 0.6) is 5.75 Å². The van der Waals surface area contributed by atoms with E-state index in [-0.39, 0.29) is 11.4 Å². The predicted octanol–water partition coefficient (Wildman–Crippen LogP) is 0.465. The number of ketones is 1. The first kappa shape index (κ1) is 17.7. The minimum Gasteiger partial charge on any atom is -0.497 e. The molecule has 1 heterocycles. The van der Waals surface area contributed by atoms with Gasteiger partial charge in [0.2, 0.25) is 5.78 Å². The molecule has 1 aromatic carbocycles. The fourth-order valence-electron chi connectivity index (χ4n) is 2.22. The van der Waals surface area contributed by atoms with Crippen LogP contribution in [0.4, 0.5) is 5.82 Å². The maximum absolute atomic E-state index is 12.6. The van der Waals surface area contributed by atoms with E-state index in [2.05, 4.69) is 0 Å². The fraction of sp³-hybridized carbons (Fsp3) is 0.176. The Kier molecular flexibility index (Phi) is 4.89. The van der Waals surface area contributed by atoms with Gasteiger partial charge in [0.05, 0.1) is 7.11 Å². The zero-order chi connectivity index (χ0) is 18.7. The SMILES string of the molecule is COc1ccc(/C=C(\C#N)C(=O)c2c(N)n(C)c(=O)n(C)c2=O)cc1. The van der Waals surface area contributed by atoms with Gasteiger partial charge in [-0.1, -0.05) is 12.1 Å². The van der Waals surface area contributed by atoms with Crippen LogP contribution >= 0.6 is 0 Å². The average Bonchev–Trinajstić information content (AvgIpc) is 2.63. The molecule has 0 aliphatic rings. The van der Waals surface area contributed by atoms with Gasteiger partial charge in [-0.05, 0) is 23.8 Å². The Bertz CT molecular complexity index is 1020. The summed E-state index contributed by atoms with van der Waals surface area (Å²) < 4.78 is 6.79. The van der Waals surface area contributed by atoms with Crippen LogP contribution in [0, 0.1) is 11.3 Å². The van der Waals surface area contributed by atoms with Crippen molar-refractivity contribution in [3.05, 3.63) is 61.8 Å². The largest absolute Gasteiger partial charge is 0.497 e. The molecule has 2 rings (SSSR count). The van der Waals surface area contributed by atoms with E-state index in [1.54, 1.807) is 30.3 Å². The van der Waals surface area contributed by atoms with Gasteiger partial charge in [-0.15, -0.1) is 0 Å². The molecule has 25 heavy (non-hydrogen) atoms. The first-order valence-corrected chi connectivity index (χ1v) is 7.17. The molecular weight excluding hydrogens is 324 g/mol. The Balaban J connectivity index is 2.58. The smallest absolute Gasteiger partial charge is 0.332 e. The minimum absolute atomic E-state index is 0.271. The summed E-state index contributed by atoms with van der Waals surface area (Å²) in [4.78, 5) is 36.7. The van der Waals surface area contributed by atoms with E-state index in [0.29, 0.717) is 11.3 Å². The quantitative estimate of drug-likeness (QED) is 0.490. The second-order valence-corrected chi connectivity index (χ2v) is 5.24. The van der Waals surface area contributed by atoms with Crippen LogP contribution in [-0.4, -0.2) is 22.0 Å². The number of nitrogens with zero attached hydrogens (tertiary/aromatic N) is 3. The molecule has 8 heteroatoms. The molecule has 2 aromatic rings. The zero-order valence-corrected chi connectivity index (χ0v) is 13.9. The first-order chi connectivity index (χ1) is 11.8. The van der Waals surface area contributed by atoms with E-state index in [9.17, 15) is 19.6 Å². The number of ether oxygens (including phenoxy) is 1. The molecule has 0 aliphatic carbocycles. The van der Waals surface area contributed by atoms with E-state index < -0.39 is 22.6 Å². The third-order valence-corrected chi connectivity index (χ3v) is 3.73. The van der Waals surface area contributed by atoms with Crippen LogP contribution in [0.15, 0.2) is 39.4 Å². The Morgan fingerprint density at radius 2 is 1.80 bits per heavy atom. The Labute approximate surface area is 143 Å². The fourth-order valence-corrected chi connectivity index (χ4v) is 2.22. The maximum Gasteiger partial charge on any atom is 0.332 e. The highest BCUT2D eigenvalue weighted by molar-refractivity contribution is 6.16. The van der Waals surface area contributed by atoms with Crippen LogP contribution in [0.2, 0.25) is 0 Å². The number of hydrogen-bond acceptors (Lipinski definition) is 6. The average molecular weight is 340 g/mol. The van der Waals surface area contributed by atoms with Crippen LogP contribution in [0.3, 0.4) is 0 Å². The lowest BCUT2D eigenvalue weighted by molar-refractivity contribution is 0.103. The van der Waals surface area contributed by atoms with Gasteiger partial charge in [0, 0.05) is 14.1 Å². The summed E-state index contributed by atoms with van der Waals surface area (Å²) in [6.07, 6.45) is 1.34. The van der Waals surface area contributed by atoms with E-state index >= 15 is 0 Å². The molecule has 0 spiro atoms. The number of nitrogen functional groups attached to an aromatic ring is 1. The number of anilines is 1. The van der Waals surface area contributed by atoms with E-state index in [4.69, 9.17) is 10.5 Å². The minimum atomic E-state index is -0.846. The molecule has 0 radical (unpaired) electrons. The molecule has 1 aromatic heterocycles. The number of nitrogens with two attached hydrogens (primary N) is 1. The number of aromatic nitrogens is 2. The Morgan fingerprint density at radius 1 is 1.20 bits per heavy atom. The highest BCUT2D eigenvalue weighted by atomic mass is 16.5. The van der Waals surface area contributed by atoms with Crippen LogP contribution in [0.25, 0.3) is 6.08 Å². The normalized spacial score (nSPS) is 11.0. The third kappa shape index (κ3) is 3.21. The summed E-state index contributed by atoms with van der Waals surface area (Å²) in [6, 6.07) is 8.43. The van der Waals surface area contributed by atoms with Crippen molar-refractivity contribution in [2.45, 2.75) is 0 Å².